The standard InChI is InChI=1S/C22H27N3/c1-13-10-14(2)21(15(3)11-13)25-20-9-7-5-6-8-17(20)18-12-19(23)16(4)24-22(18)25/h10-12H,5-9,23H2,1-4H3. The summed E-state index contributed by atoms with van der Waals surface area (Å²) in [7, 11) is 0. The van der Waals surface area contributed by atoms with Crippen LogP contribution in [0.15, 0.2) is 18.2 Å². The van der Waals surface area contributed by atoms with Crippen LogP contribution in [0.4, 0.5) is 5.69 Å². The van der Waals surface area contributed by atoms with Crippen LogP contribution in [0.3, 0.4) is 0 Å². The zero-order chi connectivity index (χ0) is 17.7. The normalized spacial score (nSPS) is 14.6. The minimum Gasteiger partial charge on any atom is -0.397 e. The molecule has 0 aliphatic heterocycles. The predicted octanol–water partition coefficient (Wildman–Crippen LogP) is 5.11. The van der Waals surface area contributed by atoms with Crippen molar-refractivity contribution in [3.05, 3.63) is 51.8 Å². The molecule has 1 aliphatic carbocycles. The van der Waals surface area contributed by atoms with E-state index in [2.05, 4.69) is 43.5 Å². The topological polar surface area (TPSA) is 43.8 Å². The van der Waals surface area contributed by atoms with Crippen molar-refractivity contribution in [1.82, 2.24) is 9.55 Å². The number of nitrogens with zero attached hydrogens (tertiary/aromatic N) is 2. The molecule has 0 atom stereocenters. The molecular weight excluding hydrogens is 306 g/mol. The monoisotopic (exact) mass is 333 g/mol. The maximum atomic E-state index is 6.21. The lowest BCUT2D eigenvalue weighted by molar-refractivity contribution is 0.703. The van der Waals surface area contributed by atoms with Gasteiger partial charge in [0.2, 0.25) is 0 Å². The SMILES string of the molecule is Cc1cc(C)c(-n2c3c(c4cc(N)c(C)nc42)CCCCC3)c(C)c1. The lowest BCUT2D eigenvalue weighted by Gasteiger charge is -2.17. The van der Waals surface area contributed by atoms with E-state index in [1.807, 2.05) is 6.92 Å². The minimum atomic E-state index is 0.800. The Kier molecular flexibility index (Phi) is 3.82. The summed E-state index contributed by atoms with van der Waals surface area (Å²) in [6, 6.07) is 6.71. The number of fused-ring (bicyclic) bond motifs is 3. The molecule has 0 fully saturated rings. The largest absolute Gasteiger partial charge is 0.397 e. The summed E-state index contributed by atoms with van der Waals surface area (Å²) < 4.78 is 2.44. The lowest BCUT2D eigenvalue weighted by atomic mass is 10.0. The minimum absolute atomic E-state index is 0.800. The smallest absolute Gasteiger partial charge is 0.145 e. The van der Waals surface area contributed by atoms with Gasteiger partial charge < -0.3 is 5.73 Å². The fourth-order valence-corrected chi connectivity index (χ4v) is 4.50. The third-order valence-corrected chi connectivity index (χ3v) is 5.59. The first-order valence-corrected chi connectivity index (χ1v) is 9.35. The number of aromatic nitrogens is 2. The van der Waals surface area contributed by atoms with Gasteiger partial charge in [-0.15, -0.1) is 0 Å². The van der Waals surface area contributed by atoms with Crippen LogP contribution in [0.1, 0.15) is 52.9 Å². The molecular formula is C22H27N3. The first kappa shape index (κ1) is 16.2. The Balaban J connectivity index is 2.13. The summed E-state index contributed by atoms with van der Waals surface area (Å²) in [6.45, 7) is 8.61. The van der Waals surface area contributed by atoms with E-state index in [9.17, 15) is 0 Å². The highest BCUT2D eigenvalue weighted by atomic mass is 15.1. The first-order chi connectivity index (χ1) is 12.0. The highest BCUT2D eigenvalue weighted by molar-refractivity contribution is 5.88. The van der Waals surface area contributed by atoms with Gasteiger partial charge in [0.15, 0.2) is 0 Å². The summed E-state index contributed by atoms with van der Waals surface area (Å²) in [5.74, 6) is 0. The Hall–Kier alpha value is -2.29. The van der Waals surface area contributed by atoms with Gasteiger partial charge in [-0.3, -0.25) is 4.57 Å². The quantitative estimate of drug-likeness (QED) is 0.629. The van der Waals surface area contributed by atoms with Crippen LogP contribution < -0.4 is 5.73 Å². The molecule has 0 saturated heterocycles. The van der Waals surface area contributed by atoms with Crippen molar-refractivity contribution in [2.45, 2.75) is 59.8 Å². The van der Waals surface area contributed by atoms with Gasteiger partial charge in [-0.25, -0.2) is 4.98 Å². The van der Waals surface area contributed by atoms with Crippen molar-refractivity contribution in [2.75, 3.05) is 5.73 Å². The zero-order valence-electron chi connectivity index (χ0n) is 15.7. The second-order valence-electron chi connectivity index (χ2n) is 7.60. The molecule has 3 heteroatoms. The summed E-state index contributed by atoms with van der Waals surface area (Å²) in [5, 5.41) is 1.25. The number of aryl methyl sites for hydroxylation is 5. The van der Waals surface area contributed by atoms with E-state index in [1.165, 1.54) is 58.3 Å². The van der Waals surface area contributed by atoms with Gasteiger partial charge in [0.05, 0.1) is 17.1 Å². The molecule has 0 bridgehead atoms. The number of benzene rings is 1. The van der Waals surface area contributed by atoms with Crippen LogP contribution in [-0.2, 0) is 12.8 Å². The van der Waals surface area contributed by atoms with Gasteiger partial charge in [-0.2, -0.15) is 0 Å². The van der Waals surface area contributed by atoms with Gasteiger partial charge in [0, 0.05) is 11.1 Å². The van der Waals surface area contributed by atoms with Crippen molar-refractivity contribution < 1.29 is 0 Å². The van der Waals surface area contributed by atoms with Crippen molar-refractivity contribution >= 4 is 16.7 Å². The first-order valence-electron chi connectivity index (χ1n) is 9.35. The molecule has 0 amide bonds. The molecule has 3 nitrogen and oxygen atoms in total. The highest BCUT2D eigenvalue weighted by Gasteiger charge is 2.23. The molecule has 25 heavy (non-hydrogen) atoms. The summed E-state index contributed by atoms with van der Waals surface area (Å²) in [4.78, 5) is 4.93. The second kappa shape index (κ2) is 5.91. The third-order valence-electron chi connectivity index (χ3n) is 5.59. The predicted molar refractivity (Wildman–Crippen MR) is 106 cm³/mol. The van der Waals surface area contributed by atoms with Gasteiger partial charge in [-0.05, 0) is 76.1 Å². The molecule has 3 aromatic rings. The number of nitrogens with two attached hydrogens (primary N) is 1. The van der Waals surface area contributed by atoms with Gasteiger partial charge in [0.1, 0.15) is 5.65 Å². The average molecular weight is 333 g/mol. The van der Waals surface area contributed by atoms with Crippen LogP contribution in [0, 0.1) is 27.7 Å². The summed E-state index contributed by atoms with van der Waals surface area (Å²) in [5.41, 5.74) is 17.2. The maximum absolute atomic E-state index is 6.21. The molecule has 1 aromatic carbocycles. The van der Waals surface area contributed by atoms with Crippen molar-refractivity contribution in [2.24, 2.45) is 0 Å². The number of pyridine rings is 1. The Morgan fingerprint density at radius 1 is 0.920 bits per heavy atom. The highest BCUT2D eigenvalue weighted by Crippen LogP contribution is 2.36. The molecule has 0 unspecified atom stereocenters. The average Bonchev–Trinajstić information content (AvgIpc) is 2.71. The van der Waals surface area contributed by atoms with Crippen LogP contribution in [0.2, 0.25) is 0 Å². The third kappa shape index (κ3) is 2.53. The van der Waals surface area contributed by atoms with E-state index in [-0.39, 0.29) is 0 Å². The molecule has 2 heterocycles. The van der Waals surface area contributed by atoms with E-state index in [4.69, 9.17) is 10.7 Å². The van der Waals surface area contributed by atoms with Gasteiger partial charge in [0.25, 0.3) is 0 Å². The molecule has 4 rings (SSSR count). The lowest BCUT2D eigenvalue weighted by Crippen LogP contribution is -2.07. The van der Waals surface area contributed by atoms with Crippen LogP contribution >= 0.6 is 0 Å². The van der Waals surface area contributed by atoms with E-state index in [0.29, 0.717) is 0 Å². The fraction of sp³-hybridized carbons (Fsp3) is 0.409. The van der Waals surface area contributed by atoms with Crippen LogP contribution in [-0.4, -0.2) is 9.55 Å². The molecule has 1 aliphatic rings. The Morgan fingerprint density at radius 2 is 1.60 bits per heavy atom. The molecule has 2 aromatic heterocycles. The van der Waals surface area contributed by atoms with Gasteiger partial charge in [-0.1, -0.05) is 24.1 Å². The van der Waals surface area contributed by atoms with Crippen LogP contribution in [0.5, 0.6) is 0 Å². The molecule has 130 valence electrons. The maximum Gasteiger partial charge on any atom is 0.145 e. The van der Waals surface area contributed by atoms with E-state index >= 15 is 0 Å². The van der Waals surface area contributed by atoms with E-state index < -0.39 is 0 Å². The molecule has 2 N–H and O–H groups in total. The molecule has 0 saturated carbocycles. The van der Waals surface area contributed by atoms with Crippen molar-refractivity contribution in [3.8, 4) is 5.69 Å². The number of hydrogen-bond acceptors (Lipinski definition) is 2. The summed E-state index contributed by atoms with van der Waals surface area (Å²) in [6.07, 6.45) is 6.06. The fourth-order valence-electron chi connectivity index (χ4n) is 4.50. The molecule has 0 spiro atoms. The van der Waals surface area contributed by atoms with Crippen molar-refractivity contribution in [1.29, 1.82) is 0 Å². The van der Waals surface area contributed by atoms with Crippen molar-refractivity contribution in [3.63, 3.8) is 0 Å². The second-order valence-corrected chi connectivity index (χ2v) is 7.60. The zero-order valence-corrected chi connectivity index (χ0v) is 15.7. The number of nitrogen functional groups attached to an aromatic ring is 1. The Morgan fingerprint density at radius 3 is 2.32 bits per heavy atom. The number of anilines is 1. The van der Waals surface area contributed by atoms with Crippen LogP contribution in [0.25, 0.3) is 16.7 Å². The van der Waals surface area contributed by atoms with E-state index in [1.54, 1.807) is 0 Å². The van der Waals surface area contributed by atoms with Gasteiger partial charge >= 0.3 is 0 Å². The number of rotatable bonds is 1. The Labute approximate surface area is 149 Å². The van der Waals surface area contributed by atoms with E-state index in [0.717, 1.165) is 29.9 Å². The number of hydrogen-bond donors (Lipinski definition) is 1. The Bertz CT molecular complexity index is 956. The summed E-state index contributed by atoms with van der Waals surface area (Å²) >= 11 is 0. The molecule has 0 radical (unpaired) electrons.